The second kappa shape index (κ2) is 7.19. The maximum absolute atomic E-state index is 8.70. The van der Waals surface area contributed by atoms with Crippen LogP contribution in [0.5, 0.6) is 0 Å². The lowest BCUT2D eigenvalue weighted by molar-refractivity contribution is 0.998. The molecule has 3 aromatic rings. The highest BCUT2D eigenvalue weighted by Gasteiger charge is 2.00. The lowest BCUT2D eigenvalue weighted by Gasteiger charge is -2.07. The number of hydrogen-bond acceptors (Lipinski definition) is 4. The van der Waals surface area contributed by atoms with Crippen LogP contribution in [0.2, 0.25) is 0 Å². The molecule has 2 aromatic carbocycles. The van der Waals surface area contributed by atoms with Crippen molar-refractivity contribution in [1.82, 2.24) is 9.97 Å². The van der Waals surface area contributed by atoms with Crippen LogP contribution in [0.3, 0.4) is 0 Å². The van der Waals surface area contributed by atoms with Crippen LogP contribution in [0.25, 0.3) is 11.1 Å². The van der Waals surface area contributed by atoms with Crippen LogP contribution in [0, 0.1) is 11.3 Å². The number of benzene rings is 2. The van der Waals surface area contributed by atoms with Gasteiger partial charge in [0, 0.05) is 6.54 Å². The van der Waals surface area contributed by atoms with Crippen LogP contribution in [-0.4, -0.2) is 16.5 Å². The Morgan fingerprint density at radius 1 is 0.913 bits per heavy atom. The minimum Gasteiger partial charge on any atom is -0.368 e. The molecule has 0 atom stereocenters. The van der Waals surface area contributed by atoms with Crippen molar-refractivity contribution in [2.75, 3.05) is 11.9 Å². The van der Waals surface area contributed by atoms with Gasteiger partial charge in [-0.2, -0.15) is 5.26 Å². The van der Waals surface area contributed by atoms with Gasteiger partial charge in [-0.15, -0.1) is 0 Å². The Balaban J connectivity index is 1.61. The van der Waals surface area contributed by atoms with Crippen molar-refractivity contribution in [1.29, 1.82) is 5.26 Å². The molecule has 0 unspecified atom stereocenters. The minimum atomic E-state index is 0.325. The zero-order valence-electron chi connectivity index (χ0n) is 12.6. The number of anilines is 1. The van der Waals surface area contributed by atoms with Crippen molar-refractivity contribution in [3.05, 3.63) is 78.2 Å². The van der Waals surface area contributed by atoms with Crippen molar-refractivity contribution in [3.63, 3.8) is 0 Å². The Kier molecular flexibility index (Phi) is 4.61. The van der Waals surface area contributed by atoms with Gasteiger partial charge in [-0.05, 0) is 23.1 Å². The third-order valence-electron chi connectivity index (χ3n) is 3.52. The van der Waals surface area contributed by atoms with Gasteiger partial charge < -0.3 is 5.32 Å². The van der Waals surface area contributed by atoms with Crippen LogP contribution < -0.4 is 5.32 Å². The monoisotopic (exact) mass is 300 g/mol. The molecule has 0 spiro atoms. The standard InChI is InChI=1S/C19H16N4/c20-12-18-13-23-19(14-22-18)21-10-9-15-5-4-8-17(11-15)16-6-2-1-3-7-16/h1-8,11,13-14H,9-10H2,(H,21,23). The normalized spacial score (nSPS) is 10.0. The summed E-state index contributed by atoms with van der Waals surface area (Å²) in [6.07, 6.45) is 3.94. The molecule has 3 rings (SSSR count). The second-order valence-electron chi connectivity index (χ2n) is 5.14. The van der Waals surface area contributed by atoms with E-state index in [9.17, 15) is 0 Å². The number of nitriles is 1. The van der Waals surface area contributed by atoms with E-state index in [0.717, 1.165) is 13.0 Å². The molecule has 23 heavy (non-hydrogen) atoms. The number of aromatic nitrogens is 2. The van der Waals surface area contributed by atoms with Crippen molar-refractivity contribution < 1.29 is 0 Å². The molecular formula is C19H16N4. The van der Waals surface area contributed by atoms with Gasteiger partial charge in [0.05, 0.1) is 12.4 Å². The lowest BCUT2D eigenvalue weighted by atomic mass is 10.0. The van der Waals surface area contributed by atoms with Crippen LogP contribution in [-0.2, 0) is 6.42 Å². The molecule has 0 bridgehead atoms. The highest BCUT2D eigenvalue weighted by atomic mass is 15.0. The molecule has 0 fully saturated rings. The first-order valence-corrected chi connectivity index (χ1v) is 7.45. The van der Waals surface area contributed by atoms with E-state index in [1.807, 2.05) is 24.3 Å². The predicted octanol–water partition coefficient (Wildman–Crippen LogP) is 3.67. The molecule has 112 valence electrons. The highest BCUT2D eigenvalue weighted by Crippen LogP contribution is 2.20. The third kappa shape index (κ3) is 3.92. The first-order chi connectivity index (χ1) is 11.3. The van der Waals surface area contributed by atoms with Gasteiger partial charge in [-0.1, -0.05) is 54.6 Å². The molecule has 0 aliphatic carbocycles. The Morgan fingerprint density at radius 2 is 1.74 bits per heavy atom. The Labute approximate surface area is 135 Å². The van der Waals surface area contributed by atoms with E-state index in [1.54, 1.807) is 6.20 Å². The highest BCUT2D eigenvalue weighted by molar-refractivity contribution is 5.63. The summed E-state index contributed by atoms with van der Waals surface area (Å²) in [4.78, 5) is 8.14. The Hall–Kier alpha value is -3.19. The number of hydrogen-bond donors (Lipinski definition) is 1. The fourth-order valence-electron chi connectivity index (χ4n) is 2.35. The smallest absolute Gasteiger partial charge is 0.158 e. The summed E-state index contributed by atoms with van der Waals surface area (Å²) in [7, 11) is 0. The first-order valence-electron chi connectivity index (χ1n) is 7.45. The van der Waals surface area contributed by atoms with E-state index in [4.69, 9.17) is 5.26 Å². The molecule has 0 radical (unpaired) electrons. The van der Waals surface area contributed by atoms with Gasteiger partial charge in [-0.25, -0.2) is 9.97 Å². The SMILES string of the molecule is N#Cc1cnc(NCCc2cccc(-c3ccccc3)c2)cn1. The quantitative estimate of drug-likeness (QED) is 0.781. The van der Waals surface area contributed by atoms with Gasteiger partial charge in [0.15, 0.2) is 5.69 Å². The van der Waals surface area contributed by atoms with E-state index >= 15 is 0 Å². The van der Waals surface area contributed by atoms with E-state index in [1.165, 1.54) is 22.9 Å². The molecule has 0 aliphatic heterocycles. The second-order valence-corrected chi connectivity index (χ2v) is 5.14. The molecule has 0 saturated carbocycles. The van der Waals surface area contributed by atoms with Gasteiger partial charge >= 0.3 is 0 Å². The number of rotatable bonds is 5. The summed E-state index contributed by atoms with van der Waals surface area (Å²) in [6, 6.07) is 20.8. The van der Waals surface area contributed by atoms with Crippen molar-refractivity contribution in [2.24, 2.45) is 0 Å². The van der Waals surface area contributed by atoms with Gasteiger partial charge in [0.2, 0.25) is 0 Å². The molecule has 4 nitrogen and oxygen atoms in total. The zero-order chi connectivity index (χ0) is 15.9. The van der Waals surface area contributed by atoms with Gasteiger partial charge in [-0.3, -0.25) is 0 Å². The summed E-state index contributed by atoms with van der Waals surface area (Å²) in [5.74, 6) is 0.684. The lowest BCUT2D eigenvalue weighted by Crippen LogP contribution is -2.06. The third-order valence-corrected chi connectivity index (χ3v) is 3.52. The van der Waals surface area contributed by atoms with Crippen LogP contribution >= 0.6 is 0 Å². The average molecular weight is 300 g/mol. The molecule has 1 aromatic heterocycles. The topological polar surface area (TPSA) is 61.6 Å². The molecular weight excluding hydrogens is 284 g/mol. The van der Waals surface area contributed by atoms with Gasteiger partial charge in [0.25, 0.3) is 0 Å². The van der Waals surface area contributed by atoms with Crippen LogP contribution in [0.1, 0.15) is 11.3 Å². The first kappa shape index (κ1) is 14.7. The van der Waals surface area contributed by atoms with Gasteiger partial charge in [0.1, 0.15) is 11.9 Å². The molecule has 1 heterocycles. The fraction of sp³-hybridized carbons (Fsp3) is 0.105. The Morgan fingerprint density at radius 3 is 2.48 bits per heavy atom. The fourth-order valence-corrected chi connectivity index (χ4v) is 2.35. The van der Waals surface area contributed by atoms with Crippen LogP contribution in [0.4, 0.5) is 5.82 Å². The van der Waals surface area contributed by atoms with E-state index in [-0.39, 0.29) is 0 Å². The van der Waals surface area contributed by atoms with Crippen LogP contribution in [0.15, 0.2) is 67.0 Å². The van der Waals surface area contributed by atoms with E-state index in [0.29, 0.717) is 11.5 Å². The predicted molar refractivity (Wildman–Crippen MR) is 90.8 cm³/mol. The average Bonchev–Trinajstić information content (AvgIpc) is 2.63. The summed E-state index contributed by atoms with van der Waals surface area (Å²) in [5.41, 5.74) is 4.04. The largest absolute Gasteiger partial charge is 0.368 e. The van der Waals surface area contributed by atoms with E-state index < -0.39 is 0 Å². The zero-order valence-corrected chi connectivity index (χ0v) is 12.6. The van der Waals surface area contributed by atoms with Crippen molar-refractivity contribution in [2.45, 2.75) is 6.42 Å². The maximum atomic E-state index is 8.70. The summed E-state index contributed by atoms with van der Waals surface area (Å²) in [5, 5.41) is 11.9. The number of nitrogens with one attached hydrogen (secondary N) is 1. The molecule has 1 N–H and O–H groups in total. The number of nitrogens with zero attached hydrogens (tertiary/aromatic N) is 3. The summed E-state index contributed by atoms with van der Waals surface area (Å²) >= 11 is 0. The van der Waals surface area contributed by atoms with E-state index in [2.05, 4.69) is 51.7 Å². The molecule has 0 amide bonds. The molecule has 0 aliphatic rings. The maximum Gasteiger partial charge on any atom is 0.158 e. The van der Waals surface area contributed by atoms with Crippen molar-refractivity contribution >= 4 is 5.82 Å². The Bertz CT molecular complexity index is 805. The molecule has 0 saturated heterocycles. The summed E-state index contributed by atoms with van der Waals surface area (Å²) in [6.45, 7) is 0.763. The minimum absolute atomic E-state index is 0.325. The molecule has 4 heteroatoms. The van der Waals surface area contributed by atoms with Crippen molar-refractivity contribution in [3.8, 4) is 17.2 Å². The summed E-state index contributed by atoms with van der Waals surface area (Å²) < 4.78 is 0.